The molecule has 1 fully saturated rings. The molecular formula is C20H25ClN2. The number of nitrogens with zero attached hydrogens (tertiary/aromatic N) is 1. The highest BCUT2D eigenvalue weighted by Gasteiger charge is 2.34. The van der Waals surface area contributed by atoms with E-state index >= 15 is 0 Å². The van der Waals surface area contributed by atoms with Crippen LogP contribution >= 0.6 is 12.4 Å². The van der Waals surface area contributed by atoms with Gasteiger partial charge < -0.3 is 5.32 Å². The molecule has 0 aromatic heterocycles. The molecular weight excluding hydrogens is 304 g/mol. The highest BCUT2D eigenvalue weighted by molar-refractivity contribution is 5.85. The lowest BCUT2D eigenvalue weighted by Gasteiger charge is -2.36. The van der Waals surface area contributed by atoms with Gasteiger partial charge in [0.15, 0.2) is 0 Å². The van der Waals surface area contributed by atoms with Gasteiger partial charge in [0, 0.05) is 0 Å². The summed E-state index contributed by atoms with van der Waals surface area (Å²) in [6.45, 7) is 3.57. The Hall–Kier alpha value is -1.35. The molecule has 2 nitrogen and oxygen atoms in total. The molecule has 2 aliphatic rings. The van der Waals surface area contributed by atoms with Crippen LogP contribution < -0.4 is 5.32 Å². The Labute approximate surface area is 145 Å². The van der Waals surface area contributed by atoms with Crippen molar-refractivity contribution in [3.63, 3.8) is 0 Å². The molecule has 0 spiro atoms. The molecule has 23 heavy (non-hydrogen) atoms. The summed E-state index contributed by atoms with van der Waals surface area (Å²) < 4.78 is 0. The van der Waals surface area contributed by atoms with E-state index in [0.29, 0.717) is 6.04 Å². The van der Waals surface area contributed by atoms with E-state index < -0.39 is 0 Å². The number of hydrogen-bond acceptors (Lipinski definition) is 2. The second-order valence-electron chi connectivity index (χ2n) is 6.61. The largest absolute Gasteiger partial charge is 0.319 e. The molecule has 2 aromatic rings. The second kappa shape index (κ2) is 7.04. The predicted octanol–water partition coefficient (Wildman–Crippen LogP) is 4.11. The Morgan fingerprint density at radius 1 is 0.913 bits per heavy atom. The average molecular weight is 329 g/mol. The van der Waals surface area contributed by atoms with Crippen molar-refractivity contribution in [2.24, 2.45) is 5.92 Å². The molecule has 1 aliphatic carbocycles. The van der Waals surface area contributed by atoms with Crippen molar-refractivity contribution < 1.29 is 0 Å². The van der Waals surface area contributed by atoms with Crippen molar-refractivity contribution in [1.82, 2.24) is 10.2 Å². The van der Waals surface area contributed by atoms with Crippen LogP contribution in [0.15, 0.2) is 48.5 Å². The van der Waals surface area contributed by atoms with E-state index in [1.807, 2.05) is 0 Å². The molecule has 0 atom stereocenters. The fourth-order valence-electron chi connectivity index (χ4n) is 4.23. The first-order valence-corrected chi connectivity index (χ1v) is 8.45. The molecule has 1 N–H and O–H groups in total. The Kier molecular flexibility index (Phi) is 5.05. The smallest absolute Gasteiger partial charge is 0.0614 e. The van der Waals surface area contributed by atoms with E-state index in [0.717, 1.165) is 12.5 Å². The van der Waals surface area contributed by atoms with Crippen molar-refractivity contribution in [3.8, 4) is 11.1 Å². The molecule has 0 radical (unpaired) electrons. The van der Waals surface area contributed by atoms with E-state index in [-0.39, 0.29) is 12.4 Å². The van der Waals surface area contributed by atoms with Gasteiger partial charge in [0.2, 0.25) is 0 Å². The van der Waals surface area contributed by atoms with Crippen LogP contribution in [-0.2, 0) is 0 Å². The normalized spacial score (nSPS) is 18.3. The summed E-state index contributed by atoms with van der Waals surface area (Å²) in [4.78, 5) is 2.69. The lowest BCUT2D eigenvalue weighted by Crippen LogP contribution is -2.38. The zero-order valence-electron chi connectivity index (χ0n) is 13.7. The minimum Gasteiger partial charge on any atom is -0.319 e. The maximum atomic E-state index is 3.33. The maximum Gasteiger partial charge on any atom is 0.0614 e. The quantitative estimate of drug-likeness (QED) is 0.912. The lowest BCUT2D eigenvalue weighted by atomic mass is 9.93. The van der Waals surface area contributed by atoms with Crippen molar-refractivity contribution in [3.05, 3.63) is 59.7 Å². The van der Waals surface area contributed by atoms with Gasteiger partial charge in [-0.1, -0.05) is 48.5 Å². The minimum absolute atomic E-state index is 0. The third kappa shape index (κ3) is 2.91. The average Bonchev–Trinajstić information content (AvgIpc) is 2.91. The second-order valence-corrected chi connectivity index (χ2v) is 6.61. The number of fused-ring (bicyclic) bond motifs is 3. The van der Waals surface area contributed by atoms with Crippen LogP contribution in [0.25, 0.3) is 11.1 Å². The molecule has 1 saturated heterocycles. The number of nitrogens with one attached hydrogen (secondary N) is 1. The van der Waals surface area contributed by atoms with Crippen LogP contribution in [0.1, 0.15) is 30.0 Å². The topological polar surface area (TPSA) is 15.3 Å². The zero-order chi connectivity index (χ0) is 14.9. The molecule has 3 heteroatoms. The number of likely N-dealkylation sites (tertiary alicyclic amines) is 1. The maximum absolute atomic E-state index is 3.33. The SMILES string of the molecule is CNCC1CCN(C2c3ccccc3-c3ccccc32)CC1.Cl. The Morgan fingerprint density at radius 2 is 1.43 bits per heavy atom. The predicted molar refractivity (Wildman–Crippen MR) is 99.2 cm³/mol. The first kappa shape index (κ1) is 16.5. The monoisotopic (exact) mass is 328 g/mol. The fourth-order valence-corrected chi connectivity index (χ4v) is 4.23. The third-order valence-corrected chi connectivity index (χ3v) is 5.31. The van der Waals surface area contributed by atoms with Crippen LogP contribution in [0.4, 0.5) is 0 Å². The van der Waals surface area contributed by atoms with E-state index in [1.54, 1.807) is 0 Å². The van der Waals surface area contributed by atoms with Gasteiger partial charge >= 0.3 is 0 Å². The first-order chi connectivity index (χ1) is 10.9. The van der Waals surface area contributed by atoms with Crippen LogP contribution in [0.3, 0.4) is 0 Å². The minimum atomic E-state index is 0. The molecule has 4 rings (SSSR count). The number of piperidine rings is 1. The number of hydrogen-bond donors (Lipinski definition) is 1. The van der Waals surface area contributed by atoms with Crippen LogP contribution in [0.5, 0.6) is 0 Å². The molecule has 1 aliphatic heterocycles. The zero-order valence-corrected chi connectivity index (χ0v) is 14.5. The van der Waals surface area contributed by atoms with Gasteiger partial charge in [-0.3, -0.25) is 4.90 Å². The number of rotatable bonds is 3. The number of halogens is 1. The van der Waals surface area contributed by atoms with Crippen LogP contribution in [0.2, 0.25) is 0 Å². The molecule has 2 aromatic carbocycles. The number of benzene rings is 2. The molecule has 0 bridgehead atoms. The Morgan fingerprint density at radius 3 is 1.96 bits per heavy atom. The molecule has 0 saturated carbocycles. The van der Waals surface area contributed by atoms with Gasteiger partial charge in [-0.15, -0.1) is 12.4 Å². The van der Waals surface area contributed by atoms with Gasteiger partial charge in [0.05, 0.1) is 6.04 Å². The van der Waals surface area contributed by atoms with Crippen molar-refractivity contribution in [1.29, 1.82) is 0 Å². The van der Waals surface area contributed by atoms with Crippen LogP contribution in [-0.4, -0.2) is 31.6 Å². The fraction of sp³-hybridized carbons (Fsp3) is 0.400. The molecule has 0 unspecified atom stereocenters. The van der Waals surface area contributed by atoms with Gasteiger partial charge in [0.25, 0.3) is 0 Å². The van der Waals surface area contributed by atoms with Gasteiger partial charge in [0.1, 0.15) is 0 Å². The lowest BCUT2D eigenvalue weighted by molar-refractivity contribution is 0.153. The summed E-state index contributed by atoms with van der Waals surface area (Å²) in [5, 5.41) is 3.33. The summed E-state index contributed by atoms with van der Waals surface area (Å²) >= 11 is 0. The third-order valence-electron chi connectivity index (χ3n) is 5.31. The van der Waals surface area contributed by atoms with E-state index in [1.165, 1.54) is 48.2 Å². The summed E-state index contributed by atoms with van der Waals surface area (Å²) in [7, 11) is 2.07. The van der Waals surface area contributed by atoms with Crippen LogP contribution in [0, 0.1) is 5.92 Å². The summed E-state index contributed by atoms with van der Waals surface area (Å²) in [5.74, 6) is 0.841. The standard InChI is InChI=1S/C20H24N2.ClH/c1-21-14-15-10-12-22(13-11-15)20-18-8-4-2-6-16(18)17-7-3-5-9-19(17)20;/h2-9,15,20-21H,10-14H2,1H3;1H. The van der Waals surface area contributed by atoms with Crippen molar-refractivity contribution >= 4 is 12.4 Å². The Balaban J connectivity index is 0.00000156. The summed E-state index contributed by atoms with van der Waals surface area (Å²) in [5.41, 5.74) is 5.85. The highest BCUT2D eigenvalue weighted by atomic mass is 35.5. The van der Waals surface area contributed by atoms with E-state index in [9.17, 15) is 0 Å². The molecule has 122 valence electrons. The highest BCUT2D eigenvalue weighted by Crippen LogP contribution is 2.46. The van der Waals surface area contributed by atoms with E-state index in [4.69, 9.17) is 0 Å². The molecule has 1 heterocycles. The van der Waals surface area contributed by atoms with Gasteiger partial charge in [-0.05, 0) is 67.7 Å². The van der Waals surface area contributed by atoms with Crippen molar-refractivity contribution in [2.75, 3.05) is 26.7 Å². The summed E-state index contributed by atoms with van der Waals surface area (Å²) in [6, 6.07) is 18.4. The van der Waals surface area contributed by atoms with Gasteiger partial charge in [-0.2, -0.15) is 0 Å². The van der Waals surface area contributed by atoms with Crippen molar-refractivity contribution in [2.45, 2.75) is 18.9 Å². The summed E-state index contributed by atoms with van der Waals surface area (Å²) in [6.07, 6.45) is 2.61. The van der Waals surface area contributed by atoms with Gasteiger partial charge in [-0.25, -0.2) is 0 Å². The first-order valence-electron chi connectivity index (χ1n) is 8.45. The van der Waals surface area contributed by atoms with E-state index in [2.05, 4.69) is 65.8 Å². The molecule has 0 amide bonds. The Bertz CT molecular complexity index is 617.